The van der Waals surface area contributed by atoms with E-state index in [4.69, 9.17) is 0 Å². The lowest BCUT2D eigenvalue weighted by Gasteiger charge is -2.46. The zero-order chi connectivity index (χ0) is 15.4. The zero-order valence-electron chi connectivity index (χ0n) is 15.1. The molecule has 2 nitrogen and oxygen atoms in total. The third-order valence-electron chi connectivity index (χ3n) is 7.22. The summed E-state index contributed by atoms with van der Waals surface area (Å²) in [4.78, 5) is 5.77. The normalized spacial score (nSPS) is 45.7. The average molecular weight is 305 g/mol. The van der Waals surface area contributed by atoms with Gasteiger partial charge in [0.15, 0.2) is 0 Å². The van der Waals surface area contributed by atoms with Crippen molar-refractivity contribution in [3.63, 3.8) is 0 Å². The molecule has 0 aromatic heterocycles. The second-order valence-electron chi connectivity index (χ2n) is 10.1. The Morgan fingerprint density at radius 2 is 1.77 bits per heavy atom. The monoisotopic (exact) mass is 304 g/mol. The Hall–Kier alpha value is -0.0800. The molecule has 4 fully saturated rings. The summed E-state index contributed by atoms with van der Waals surface area (Å²) in [5.41, 5.74) is 1.17. The number of piperidine rings is 2. The minimum Gasteiger partial charge on any atom is -0.300 e. The van der Waals surface area contributed by atoms with E-state index in [1.807, 2.05) is 0 Å². The molecule has 3 heterocycles. The Balaban J connectivity index is 1.45. The summed E-state index contributed by atoms with van der Waals surface area (Å²) >= 11 is 0. The molecule has 2 bridgehead atoms. The van der Waals surface area contributed by atoms with Crippen LogP contribution in [0.1, 0.15) is 72.1 Å². The number of hydrogen-bond donors (Lipinski definition) is 0. The van der Waals surface area contributed by atoms with Crippen LogP contribution in [0.4, 0.5) is 0 Å². The topological polar surface area (TPSA) is 6.48 Å². The minimum absolute atomic E-state index is 0.565. The van der Waals surface area contributed by atoms with E-state index >= 15 is 0 Å². The molecular formula is C20H36N2. The van der Waals surface area contributed by atoms with E-state index in [0.717, 1.165) is 18.0 Å². The molecule has 4 atom stereocenters. The Morgan fingerprint density at radius 1 is 0.955 bits per heavy atom. The molecule has 0 aromatic carbocycles. The maximum atomic E-state index is 2.93. The van der Waals surface area contributed by atoms with Crippen molar-refractivity contribution in [2.45, 2.75) is 84.2 Å². The third-order valence-corrected chi connectivity index (χ3v) is 7.22. The molecule has 0 unspecified atom stereocenters. The Labute approximate surface area is 137 Å². The fraction of sp³-hybridized carbons (Fsp3) is 1.00. The van der Waals surface area contributed by atoms with Crippen molar-refractivity contribution in [1.82, 2.24) is 9.80 Å². The van der Waals surface area contributed by atoms with E-state index in [2.05, 4.69) is 30.6 Å². The molecule has 4 rings (SSSR count). The van der Waals surface area contributed by atoms with E-state index < -0.39 is 0 Å². The fourth-order valence-electron chi connectivity index (χ4n) is 6.88. The van der Waals surface area contributed by atoms with Gasteiger partial charge in [0.1, 0.15) is 0 Å². The van der Waals surface area contributed by atoms with Crippen LogP contribution in [0.3, 0.4) is 0 Å². The van der Waals surface area contributed by atoms with Crippen LogP contribution in [0.25, 0.3) is 0 Å². The second kappa shape index (κ2) is 5.48. The molecule has 4 aliphatic rings. The van der Waals surface area contributed by atoms with Gasteiger partial charge in [-0.25, -0.2) is 0 Å². The molecule has 126 valence electrons. The maximum Gasteiger partial charge on any atom is 0.0136 e. The molecule has 0 amide bonds. The van der Waals surface area contributed by atoms with Gasteiger partial charge < -0.3 is 4.90 Å². The largest absolute Gasteiger partial charge is 0.300 e. The molecular weight excluding hydrogens is 268 g/mol. The number of rotatable bonds is 2. The van der Waals surface area contributed by atoms with Crippen molar-refractivity contribution < 1.29 is 0 Å². The second-order valence-corrected chi connectivity index (χ2v) is 10.1. The van der Waals surface area contributed by atoms with Crippen LogP contribution in [-0.2, 0) is 0 Å². The highest BCUT2D eigenvalue weighted by Gasteiger charge is 2.50. The van der Waals surface area contributed by atoms with Crippen LogP contribution in [0.5, 0.6) is 0 Å². The molecule has 3 saturated heterocycles. The van der Waals surface area contributed by atoms with Gasteiger partial charge in [0.25, 0.3) is 0 Å². The Morgan fingerprint density at radius 3 is 2.64 bits per heavy atom. The first-order valence-electron chi connectivity index (χ1n) is 9.92. The zero-order valence-corrected chi connectivity index (χ0v) is 15.1. The number of fused-ring (bicyclic) bond motifs is 3. The van der Waals surface area contributed by atoms with Crippen molar-refractivity contribution >= 4 is 0 Å². The van der Waals surface area contributed by atoms with E-state index in [9.17, 15) is 0 Å². The lowest BCUT2D eigenvalue weighted by atomic mass is 9.65. The molecule has 1 aliphatic carbocycles. The molecule has 0 radical (unpaired) electrons. The Bertz CT molecular complexity index is 416. The molecule has 0 N–H and O–H groups in total. The van der Waals surface area contributed by atoms with Crippen LogP contribution in [0, 0.1) is 16.7 Å². The molecule has 3 aliphatic heterocycles. The van der Waals surface area contributed by atoms with E-state index in [0.29, 0.717) is 10.8 Å². The SMILES string of the molecule is CC1(C)C[C@@H]2C[C@](C)(CN2C[C@@H]2CCCN3CCCC[C@H]23)C1. The summed E-state index contributed by atoms with van der Waals surface area (Å²) in [6.45, 7) is 13.1. The van der Waals surface area contributed by atoms with Gasteiger partial charge in [-0.1, -0.05) is 27.2 Å². The first kappa shape index (κ1) is 15.4. The predicted molar refractivity (Wildman–Crippen MR) is 93.0 cm³/mol. The lowest BCUT2D eigenvalue weighted by molar-refractivity contribution is 0.0357. The highest BCUT2D eigenvalue weighted by molar-refractivity contribution is 5.03. The standard InChI is InChI=1S/C20H36N2/c1-19(2)11-17-12-20(3,14-19)15-22(17)13-16-7-6-10-21-9-5-4-8-18(16)21/h16-18H,4-15H2,1-3H3/t16-,17+,18+,20-/m0/s1. The first-order valence-corrected chi connectivity index (χ1v) is 9.92. The number of nitrogens with zero attached hydrogens (tertiary/aromatic N) is 2. The molecule has 22 heavy (non-hydrogen) atoms. The molecule has 0 spiro atoms. The lowest BCUT2D eigenvalue weighted by Crippen LogP contribution is -2.51. The van der Waals surface area contributed by atoms with Gasteiger partial charge in [-0.15, -0.1) is 0 Å². The summed E-state index contributed by atoms with van der Waals surface area (Å²) in [6, 6.07) is 1.80. The van der Waals surface area contributed by atoms with Crippen molar-refractivity contribution in [3.8, 4) is 0 Å². The minimum atomic E-state index is 0.565. The first-order chi connectivity index (χ1) is 10.4. The van der Waals surface area contributed by atoms with Crippen molar-refractivity contribution in [3.05, 3.63) is 0 Å². The molecule has 2 heteroatoms. The summed E-state index contributed by atoms with van der Waals surface area (Å²) in [5.74, 6) is 0.958. The van der Waals surface area contributed by atoms with E-state index in [1.54, 1.807) is 0 Å². The van der Waals surface area contributed by atoms with Crippen LogP contribution >= 0.6 is 0 Å². The van der Waals surface area contributed by atoms with Crippen LogP contribution in [-0.4, -0.2) is 48.1 Å². The van der Waals surface area contributed by atoms with E-state index in [-0.39, 0.29) is 0 Å². The fourth-order valence-corrected chi connectivity index (χ4v) is 6.88. The maximum absolute atomic E-state index is 2.93. The molecule has 0 aromatic rings. The number of hydrogen-bond acceptors (Lipinski definition) is 2. The quantitative estimate of drug-likeness (QED) is 0.756. The summed E-state index contributed by atoms with van der Waals surface area (Å²) < 4.78 is 0. The highest BCUT2D eigenvalue weighted by atomic mass is 15.2. The van der Waals surface area contributed by atoms with Gasteiger partial charge in [0.2, 0.25) is 0 Å². The van der Waals surface area contributed by atoms with Gasteiger partial charge in [-0.3, -0.25) is 4.90 Å². The summed E-state index contributed by atoms with van der Waals surface area (Å²) in [7, 11) is 0. The average Bonchev–Trinajstić information content (AvgIpc) is 2.68. The van der Waals surface area contributed by atoms with Crippen molar-refractivity contribution in [2.75, 3.05) is 26.2 Å². The Kier molecular flexibility index (Phi) is 3.85. The molecule has 1 saturated carbocycles. The summed E-state index contributed by atoms with van der Waals surface area (Å²) in [6.07, 6.45) is 11.7. The number of likely N-dealkylation sites (tertiary alicyclic amines) is 1. The van der Waals surface area contributed by atoms with Crippen molar-refractivity contribution in [2.24, 2.45) is 16.7 Å². The third kappa shape index (κ3) is 2.86. The highest BCUT2D eigenvalue weighted by Crippen LogP contribution is 2.52. The van der Waals surface area contributed by atoms with Crippen molar-refractivity contribution in [1.29, 1.82) is 0 Å². The van der Waals surface area contributed by atoms with Gasteiger partial charge in [0.05, 0.1) is 0 Å². The summed E-state index contributed by atoms with van der Waals surface area (Å²) in [5, 5.41) is 0. The van der Waals surface area contributed by atoms with Gasteiger partial charge in [0, 0.05) is 25.2 Å². The van der Waals surface area contributed by atoms with Gasteiger partial charge >= 0.3 is 0 Å². The van der Waals surface area contributed by atoms with Crippen LogP contribution in [0.15, 0.2) is 0 Å². The van der Waals surface area contributed by atoms with Gasteiger partial charge in [-0.2, -0.15) is 0 Å². The van der Waals surface area contributed by atoms with Crippen LogP contribution < -0.4 is 0 Å². The van der Waals surface area contributed by atoms with Gasteiger partial charge in [-0.05, 0) is 74.8 Å². The smallest absolute Gasteiger partial charge is 0.0136 e. The predicted octanol–water partition coefficient (Wildman–Crippen LogP) is 4.15. The van der Waals surface area contributed by atoms with E-state index in [1.165, 1.54) is 77.5 Å². The van der Waals surface area contributed by atoms with Crippen LogP contribution in [0.2, 0.25) is 0 Å².